The summed E-state index contributed by atoms with van der Waals surface area (Å²) in [7, 11) is 0. The number of hydrogen-bond donors (Lipinski definition) is 2. The first kappa shape index (κ1) is 13.0. The second kappa shape index (κ2) is 5.94. The van der Waals surface area contributed by atoms with Gasteiger partial charge in [-0.15, -0.1) is 0 Å². The van der Waals surface area contributed by atoms with Crippen molar-refractivity contribution in [2.45, 2.75) is 0 Å². The zero-order valence-electron chi connectivity index (χ0n) is 9.97. The molecule has 2 aromatic carbocycles. The largest absolute Gasteiger partial charge is 0.506 e. The van der Waals surface area contributed by atoms with Crippen LogP contribution in [0.15, 0.2) is 54.7 Å². The van der Waals surface area contributed by atoms with Crippen LogP contribution in [0, 0.1) is 11.3 Å². The number of rotatable bonds is 3. The summed E-state index contributed by atoms with van der Waals surface area (Å²) >= 11 is 5.80. The molecule has 0 spiro atoms. The third kappa shape index (κ3) is 3.27. The SMILES string of the molecule is N#CC(=CNc1ccccc1O)c1ccc(Cl)cc1. The van der Waals surface area contributed by atoms with E-state index in [1.54, 1.807) is 54.7 Å². The Balaban J connectivity index is 2.23. The highest BCUT2D eigenvalue weighted by Gasteiger charge is 2.01. The normalized spacial score (nSPS) is 10.8. The number of allylic oxidation sites excluding steroid dienone is 1. The summed E-state index contributed by atoms with van der Waals surface area (Å²) in [5.41, 5.74) is 1.76. The number of nitrogens with zero attached hydrogens (tertiary/aromatic N) is 1. The smallest absolute Gasteiger partial charge is 0.139 e. The summed E-state index contributed by atoms with van der Waals surface area (Å²) in [5.74, 6) is 0.132. The Morgan fingerprint density at radius 1 is 1.16 bits per heavy atom. The van der Waals surface area contributed by atoms with Crippen LogP contribution in [0.5, 0.6) is 5.75 Å². The van der Waals surface area contributed by atoms with Crippen LogP contribution in [-0.4, -0.2) is 5.11 Å². The molecule has 0 aromatic heterocycles. The van der Waals surface area contributed by atoms with Gasteiger partial charge in [0.05, 0.1) is 11.3 Å². The molecule has 0 radical (unpaired) electrons. The molecule has 2 rings (SSSR count). The summed E-state index contributed by atoms with van der Waals surface area (Å²) in [6.07, 6.45) is 1.55. The van der Waals surface area contributed by atoms with E-state index in [4.69, 9.17) is 16.9 Å². The van der Waals surface area contributed by atoms with Gasteiger partial charge in [0.25, 0.3) is 0 Å². The van der Waals surface area contributed by atoms with Gasteiger partial charge in [0.15, 0.2) is 0 Å². The highest BCUT2D eigenvalue weighted by Crippen LogP contribution is 2.23. The summed E-state index contributed by atoms with van der Waals surface area (Å²) in [6, 6.07) is 15.9. The van der Waals surface area contributed by atoms with E-state index in [2.05, 4.69) is 11.4 Å². The van der Waals surface area contributed by atoms with E-state index in [1.165, 1.54) is 0 Å². The minimum absolute atomic E-state index is 0.132. The number of anilines is 1. The van der Waals surface area contributed by atoms with Crippen LogP contribution in [0.25, 0.3) is 5.57 Å². The van der Waals surface area contributed by atoms with Gasteiger partial charge in [-0.2, -0.15) is 5.26 Å². The van der Waals surface area contributed by atoms with Gasteiger partial charge in [0.2, 0.25) is 0 Å². The molecule has 4 heteroatoms. The van der Waals surface area contributed by atoms with Crippen LogP contribution in [0.1, 0.15) is 5.56 Å². The standard InChI is InChI=1S/C15H11ClN2O/c16-13-7-5-11(6-8-13)12(9-17)10-18-14-3-1-2-4-15(14)19/h1-8,10,18-19H. The highest BCUT2D eigenvalue weighted by atomic mass is 35.5. The topological polar surface area (TPSA) is 56.0 Å². The molecule has 0 saturated heterocycles. The van der Waals surface area contributed by atoms with Crippen molar-refractivity contribution < 1.29 is 5.11 Å². The highest BCUT2D eigenvalue weighted by molar-refractivity contribution is 6.30. The van der Waals surface area contributed by atoms with Crippen molar-refractivity contribution >= 4 is 22.9 Å². The second-order valence-corrected chi connectivity index (χ2v) is 4.27. The van der Waals surface area contributed by atoms with Crippen LogP contribution in [-0.2, 0) is 0 Å². The number of aromatic hydroxyl groups is 1. The van der Waals surface area contributed by atoms with Crippen LogP contribution in [0.4, 0.5) is 5.69 Å². The van der Waals surface area contributed by atoms with Crippen molar-refractivity contribution in [2.24, 2.45) is 0 Å². The number of benzene rings is 2. The number of nitrogens with one attached hydrogen (secondary N) is 1. The molecule has 2 aromatic rings. The Morgan fingerprint density at radius 3 is 2.47 bits per heavy atom. The van der Waals surface area contributed by atoms with Gasteiger partial charge in [-0.1, -0.05) is 35.9 Å². The van der Waals surface area contributed by atoms with Crippen molar-refractivity contribution in [1.29, 1.82) is 5.26 Å². The van der Waals surface area contributed by atoms with Gasteiger partial charge >= 0.3 is 0 Å². The number of phenolic OH excluding ortho intramolecular Hbond substituents is 1. The second-order valence-electron chi connectivity index (χ2n) is 3.84. The lowest BCUT2D eigenvalue weighted by atomic mass is 10.1. The van der Waals surface area contributed by atoms with E-state index in [9.17, 15) is 5.11 Å². The van der Waals surface area contributed by atoms with Crippen molar-refractivity contribution in [3.8, 4) is 11.8 Å². The Morgan fingerprint density at radius 2 is 1.84 bits per heavy atom. The van der Waals surface area contributed by atoms with Gasteiger partial charge in [-0.25, -0.2) is 0 Å². The molecule has 19 heavy (non-hydrogen) atoms. The third-order valence-electron chi connectivity index (χ3n) is 2.55. The number of nitriles is 1. The molecule has 0 bridgehead atoms. The number of halogens is 1. The molecule has 0 saturated carbocycles. The fourth-order valence-electron chi connectivity index (χ4n) is 1.56. The predicted octanol–water partition coefficient (Wildman–Crippen LogP) is 4.02. The predicted molar refractivity (Wildman–Crippen MR) is 76.8 cm³/mol. The van der Waals surface area contributed by atoms with E-state index in [-0.39, 0.29) is 5.75 Å². The number of phenols is 1. The van der Waals surface area contributed by atoms with Gasteiger partial charge in [-0.3, -0.25) is 0 Å². The molecular formula is C15H11ClN2O. The van der Waals surface area contributed by atoms with Crippen molar-refractivity contribution in [1.82, 2.24) is 0 Å². The zero-order chi connectivity index (χ0) is 13.7. The van der Waals surface area contributed by atoms with Gasteiger partial charge in [0.1, 0.15) is 11.8 Å². The quantitative estimate of drug-likeness (QED) is 0.654. The molecule has 3 nitrogen and oxygen atoms in total. The molecule has 0 heterocycles. The van der Waals surface area contributed by atoms with Gasteiger partial charge < -0.3 is 10.4 Å². The molecule has 0 atom stereocenters. The third-order valence-corrected chi connectivity index (χ3v) is 2.80. The first-order chi connectivity index (χ1) is 9.20. The van der Waals surface area contributed by atoms with Crippen molar-refractivity contribution in [2.75, 3.05) is 5.32 Å². The van der Waals surface area contributed by atoms with E-state index < -0.39 is 0 Å². The van der Waals surface area contributed by atoms with Gasteiger partial charge in [0, 0.05) is 11.2 Å². The first-order valence-electron chi connectivity index (χ1n) is 5.61. The Bertz CT molecular complexity index is 642. The van der Waals surface area contributed by atoms with Crippen LogP contribution < -0.4 is 5.32 Å². The minimum atomic E-state index is 0.132. The number of para-hydroxylation sites is 2. The molecular weight excluding hydrogens is 260 g/mol. The fourth-order valence-corrected chi connectivity index (χ4v) is 1.68. The molecule has 0 aliphatic heterocycles. The summed E-state index contributed by atoms with van der Waals surface area (Å²) in [5, 5.41) is 22.3. The lowest BCUT2D eigenvalue weighted by Gasteiger charge is -2.05. The van der Waals surface area contributed by atoms with E-state index in [0.29, 0.717) is 16.3 Å². The maximum atomic E-state index is 9.61. The minimum Gasteiger partial charge on any atom is -0.506 e. The van der Waals surface area contributed by atoms with Crippen LogP contribution in [0.2, 0.25) is 5.02 Å². The maximum absolute atomic E-state index is 9.61. The Kier molecular flexibility index (Phi) is 4.07. The zero-order valence-corrected chi connectivity index (χ0v) is 10.7. The average Bonchev–Trinajstić information content (AvgIpc) is 2.43. The average molecular weight is 271 g/mol. The van der Waals surface area contributed by atoms with Crippen molar-refractivity contribution in [3.05, 3.63) is 65.3 Å². The first-order valence-corrected chi connectivity index (χ1v) is 5.99. The molecule has 0 aliphatic carbocycles. The maximum Gasteiger partial charge on any atom is 0.139 e. The van der Waals surface area contributed by atoms with Crippen molar-refractivity contribution in [3.63, 3.8) is 0 Å². The Labute approximate surface area is 116 Å². The van der Waals surface area contributed by atoms with E-state index in [0.717, 1.165) is 5.56 Å². The monoisotopic (exact) mass is 270 g/mol. The molecule has 2 N–H and O–H groups in total. The Hall–Kier alpha value is -2.44. The summed E-state index contributed by atoms with van der Waals surface area (Å²) < 4.78 is 0. The lowest BCUT2D eigenvalue weighted by molar-refractivity contribution is 0.478. The van der Waals surface area contributed by atoms with E-state index >= 15 is 0 Å². The molecule has 0 aliphatic rings. The molecule has 0 amide bonds. The van der Waals surface area contributed by atoms with E-state index in [1.807, 2.05) is 0 Å². The van der Waals surface area contributed by atoms with Crippen LogP contribution >= 0.6 is 11.6 Å². The molecule has 0 fully saturated rings. The molecule has 0 unspecified atom stereocenters. The number of hydrogen-bond acceptors (Lipinski definition) is 3. The molecule has 94 valence electrons. The summed E-state index contributed by atoms with van der Waals surface area (Å²) in [6.45, 7) is 0. The summed E-state index contributed by atoms with van der Waals surface area (Å²) in [4.78, 5) is 0. The van der Waals surface area contributed by atoms with Gasteiger partial charge in [-0.05, 0) is 29.8 Å². The lowest BCUT2D eigenvalue weighted by Crippen LogP contribution is -1.91. The van der Waals surface area contributed by atoms with Crippen LogP contribution in [0.3, 0.4) is 0 Å². The fraction of sp³-hybridized carbons (Fsp3) is 0.